The Morgan fingerprint density at radius 2 is 1.62 bits per heavy atom. The van der Waals surface area contributed by atoms with Crippen molar-refractivity contribution in [3.05, 3.63) is 35.9 Å². The molecule has 1 atom stereocenters. The summed E-state index contributed by atoms with van der Waals surface area (Å²) < 4.78 is 71.0. The van der Waals surface area contributed by atoms with E-state index in [2.05, 4.69) is 34.4 Å². The van der Waals surface area contributed by atoms with E-state index >= 15 is 0 Å². The molecule has 0 saturated carbocycles. The first-order chi connectivity index (χ1) is 19.7. The summed E-state index contributed by atoms with van der Waals surface area (Å²) in [6.45, 7) is 6.67. The highest BCUT2D eigenvalue weighted by Crippen LogP contribution is 2.29. The summed E-state index contributed by atoms with van der Waals surface area (Å²) in [5.41, 5.74) is 2.10. The summed E-state index contributed by atoms with van der Waals surface area (Å²) in [6, 6.07) is 8.91. The number of aryl methyl sites for hydroxylation is 1. The second-order valence-corrected chi connectivity index (χ2v) is 9.64. The normalized spacial score (nSPS) is 18.2. The van der Waals surface area contributed by atoms with Crippen molar-refractivity contribution in [3.8, 4) is 5.95 Å². The van der Waals surface area contributed by atoms with E-state index in [9.17, 15) is 26.3 Å². The smallest absolute Gasteiger partial charge is 0.475 e. The topological polar surface area (TPSA) is 147 Å². The fourth-order valence-corrected chi connectivity index (χ4v) is 4.61. The van der Waals surface area contributed by atoms with E-state index in [1.54, 1.807) is 0 Å². The van der Waals surface area contributed by atoms with Gasteiger partial charge in [-0.2, -0.15) is 41.1 Å². The molecule has 5 rings (SSSR count). The number of aromatic nitrogens is 4. The molecule has 0 aliphatic carbocycles. The number of fused-ring (bicyclic) bond motifs is 1. The Hall–Kier alpha value is -3.73. The number of nitrogens with zero attached hydrogens (tertiary/aromatic N) is 5. The van der Waals surface area contributed by atoms with Crippen LogP contribution < -0.4 is 5.32 Å². The Labute approximate surface area is 235 Å². The summed E-state index contributed by atoms with van der Waals surface area (Å²) in [5.74, 6) is -3.86. The molecule has 0 unspecified atom stereocenters. The van der Waals surface area contributed by atoms with E-state index in [1.807, 2.05) is 16.8 Å². The second-order valence-electron chi connectivity index (χ2n) is 9.64. The van der Waals surface area contributed by atoms with Gasteiger partial charge in [0, 0.05) is 23.9 Å². The molecule has 17 heteroatoms. The molecule has 11 nitrogen and oxygen atoms in total. The van der Waals surface area contributed by atoms with Gasteiger partial charge in [-0.3, -0.25) is 0 Å². The number of benzene rings is 1. The summed E-state index contributed by atoms with van der Waals surface area (Å²) in [4.78, 5) is 25.1. The van der Waals surface area contributed by atoms with Crippen molar-refractivity contribution in [2.45, 2.75) is 63.3 Å². The highest BCUT2D eigenvalue weighted by atomic mass is 19.4. The predicted molar refractivity (Wildman–Crippen MR) is 135 cm³/mol. The average molecular weight is 609 g/mol. The van der Waals surface area contributed by atoms with Crippen LogP contribution in [-0.4, -0.2) is 91.5 Å². The molecule has 2 aromatic heterocycles. The monoisotopic (exact) mass is 608 g/mol. The molecule has 2 aliphatic rings. The molecule has 0 bridgehead atoms. The van der Waals surface area contributed by atoms with Gasteiger partial charge in [-0.05, 0) is 63.0 Å². The number of hydrogen-bond donors (Lipinski definition) is 3. The number of piperidine rings is 1. The van der Waals surface area contributed by atoms with E-state index in [0.29, 0.717) is 17.9 Å². The fraction of sp³-hybridized carbons (Fsp3) is 0.560. The summed E-state index contributed by atoms with van der Waals surface area (Å²) >= 11 is 0. The van der Waals surface area contributed by atoms with E-state index in [4.69, 9.17) is 34.4 Å². The van der Waals surface area contributed by atoms with Crippen molar-refractivity contribution < 1.29 is 50.7 Å². The number of carboxylic acids is 2. The second kappa shape index (κ2) is 14.0. The molecule has 0 radical (unpaired) electrons. The first-order valence-electron chi connectivity index (χ1n) is 13.1. The van der Waals surface area contributed by atoms with Crippen LogP contribution in [-0.2, 0) is 16.0 Å². The van der Waals surface area contributed by atoms with Crippen LogP contribution in [0.4, 0.5) is 26.3 Å². The van der Waals surface area contributed by atoms with Crippen molar-refractivity contribution in [1.29, 1.82) is 0 Å². The summed E-state index contributed by atoms with van der Waals surface area (Å²) in [5, 5.41) is 28.0. The van der Waals surface area contributed by atoms with Crippen molar-refractivity contribution in [1.82, 2.24) is 30.1 Å². The Morgan fingerprint density at radius 3 is 2.14 bits per heavy atom. The minimum absolute atomic E-state index is 0.349. The number of likely N-dealkylation sites (tertiary alicyclic amines) is 1. The average Bonchev–Trinajstić information content (AvgIpc) is 3.69. The van der Waals surface area contributed by atoms with Crippen molar-refractivity contribution in [2.24, 2.45) is 0 Å². The largest absolute Gasteiger partial charge is 0.490 e. The van der Waals surface area contributed by atoms with Crippen LogP contribution in [0.25, 0.3) is 16.9 Å². The highest BCUT2D eigenvalue weighted by molar-refractivity contribution is 5.83. The van der Waals surface area contributed by atoms with Gasteiger partial charge in [0.15, 0.2) is 0 Å². The minimum Gasteiger partial charge on any atom is -0.475 e. The molecular weight excluding hydrogens is 578 g/mol. The number of carboxylic acid groups (broad SMARTS) is 2. The molecule has 0 amide bonds. The zero-order valence-electron chi connectivity index (χ0n) is 22.5. The summed E-state index contributed by atoms with van der Waals surface area (Å²) in [7, 11) is 0. The molecule has 3 aromatic rings. The number of hydrogen-bond acceptors (Lipinski definition) is 8. The van der Waals surface area contributed by atoms with E-state index in [-0.39, 0.29) is 0 Å². The third-order valence-electron chi connectivity index (χ3n) is 6.68. The van der Waals surface area contributed by atoms with Gasteiger partial charge < -0.3 is 25.0 Å². The standard InChI is InChI=1S/C21H28N6O.2C2HF3O2/c1-2-18-17-7-3-4-8-19(17)27(24-18)21-23-20(28-25-21)15-9-12-26(13-10-15)14-16-6-5-11-22-16;2*3-2(4,5)1(6)7/h3-4,7-8,15-16,22H,2,5-6,9-14H2,1H3;2*(H,6,7)/t16-;;/m0../s1. The highest BCUT2D eigenvalue weighted by Gasteiger charge is 2.39. The van der Waals surface area contributed by atoms with E-state index in [0.717, 1.165) is 54.8 Å². The number of halogens is 6. The van der Waals surface area contributed by atoms with Crippen LogP contribution in [0.15, 0.2) is 28.8 Å². The third kappa shape index (κ3) is 8.88. The maximum Gasteiger partial charge on any atom is 0.490 e. The van der Waals surface area contributed by atoms with Crippen molar-refractivity contribution in [3.63, 3.8) is 0 Å². The van der Waals surface area contributed by atoms with Crippen LogP contribution in [0.3, 0.4) is 0 Å². The molecule has 0 spiro atoms. The van der Waals surface area contributed by atoms with Crippen LogP contribution in [0, 0.1) is 0 Å². The third-order valence-corrected chi connectivity index (χ3v) is 6.68. The number of carbonyl (C=O) groups is 2. The molecule has 1 aromatic carbocycles. The van der Waals surface area contributed by atoms with Gasteiger partial charge in [0.05, 0.1) is 11.2 Å². The Balaban J connectivity index is 0.000000289. The lowest BCUT2D eigenvalue weighted by Gasteiger charge is -2.32. The summed E-state index contributed by atoms with van der Waals surface area (Å²) in [6.07, 6.45) is -4.51. The number of alkyl halides is 6. The van der Waals surface area contributed by atoms with Gasteiger partial charge in [-0.25, -0.2) is 9.59 Å². The van der Waals surface area contributed by atoms with E-state index in [1.165, 1.54) is 25.9 Å². The SMILES string of the molecule is CCc1nn(-c2noc(C3CCN(C[C@@H]4CCCN4)CC3)n2)c2ccccc12.O=C(O)C(F)(F)F.O=C(O)C(F)(F)F. The van der Waals surface area contributed by atoms with Crippen molar-refractivity contribution in [2.75, 3.05) is 26.2 Å². The Kier molecular flexibility index (Phi) is 10.9. The van der Waals surface area contributed by atoms with E-state index < -0.39 is 24.3 Å². The molecule has 232 valence electrons. The maximum atomic E-state index is 10.6. The number of para-hydroxylation sites is 1. The zero-order chi connectivity index (χ0) is 31.1. The van der Waals surface area contributed by atoms with Crippen LogP contribution in [0.1, 0.15) is 50.1 Å². The van der Waals surface area contributed by atoms with Gasteiger partial charge in [0.2, 0.25) is 5.89 Å². The Bertz CT molecular complexity index is 1300. The van der Waals surface area contributed by atoms with Crippen LogP contribution in [0.5, 0.6) is 0 Å². The van der Waals surface area contributed by atoms with Crippen LogP contribution in [0.2, 0.25) is 0 Å². The van der Waals surface area contributed by atoms with Gasteiger partial charge in [-0.15, -0.1) is 0 Å². The molecule has 2 fully saturated rings. The predicted octanol–water partition coefficient (Wildman–Crippen LogP) is 4.17. The molecule has 3 N–H and O–H groups in total. The quantitative estimate of drug-likeness (QED) is 0.361. The van der Waals surface area contributed by atoms with Crippen molar-refractivity contribution >= 4 is 22.8 Å². The number of rotatable bonds is 5. The van der Waals surface area contributed by atoms with Gasteiger partial charge in [0.1, 0.15) is 0 Å². The number of aliphatic carboxylic acids is 2. The molecule has 42 heavy (non-hydrogen) atoms. The maximum absolute atomic E-state index is 10.6. The molecule has 4 heterocycles. The first-order valence-corrected chi connectivity index (χ1v) is 13.1. The molecule has 2 saturated heterocycles. The molecule has 2 aliphatic heterocycles. The van der Waals surface area contributed by atoms with Gasteiger partial charge >= 0.3 is 24.3 Å². The van der Waals surface area contributed by atoms with Gasteiger partial charge in [-0.1, -0.05) is 25.1 Å². The lowest BCUT2D eigenvalue weighted by molar-refractivity contribution is -0.193. The first kappa shape index (κ1) is 32.8. The Morgan fingerprint density at radius 1 is 1.02 bits per heavy atom. The number of nitrogens with one attached hydrogen (secondary N) is 1. The lowest BCUT2D eigenvalue weighted by atomic mass is 9.96. The fourth-order valence-electron chi connectivity index (χ4n) is 4.61. The molecular formula is C25H30F6N6O5. The van der Waals surface area contributed by atoms with Crippen LogP contribution >= 0.6 is 0 Å². The minimum atomic E-state index is -5.08. The lowest BCUT2D eigenvalue weighted by Crippen LogP contribution is -2.41. The zero-order valence-corrected chi connectivity index (χ0v) is 22.5. The van der Waals surface area contributed by atoms with Gasteiger partial charge in [0.25, 0.3) is 5.95 Å².